The van der Waals surface area contributed by atoms with E-state index in [1.807, 2.05) is 31.2 Å². The van der Waals surface area contributed by atoms with Gasteiger partial charge in [0.15, 0.2) is 9.84 Å². The summed E-state index contributed by atoms with van der Waals surface area (Å²) >= 11 is 0. The van der Waals surface area contributed by atoms with Gasteiger partial charge in [-0.15, -0.1) is 10.2 Å². The molecule has 3 aromatic rings. The Bertz CT molecular complexity index is 1230. The van der Waals surface area contributed by atoms with Crippen LogP contribution in [0.4, 0.5) is 19.3 Å². The molecule has 33 heavy (non-hydrogen) atoms. The number of rotatable bonds is 5. The van der Waals surface area contributed by atoms with E-state index in [2.05, 4.69) is 10.2 Å². The minimum absolute atomic E-state index is 0.0155. The molecule has 174 valence electrons. The molecule has 8 nitrogen and oxygen atoms in total. The number of amides is 2. The first kappa shape index (κ1) is 22.8. The number of hydrogen-bond donors (Lipinski definition) is 0. The summed E-state index contributed by atoms with van der Waals surface area (Å²) in [4.78, 5) is 16.5. The molecule has 0 radical (unpaired) electrons. The summed E-state index contributed by atoms with van der Waals surface area (Å²) in [5, 5.41) is 6.97. The number of anilines is 1. The van der Waals surface area contributed by atoms with E-state index in [0.29, 0.717) is 5.56 Å². The largest absolute Gasteiger partial charge is 0.415 e. The van der Waals surface area contributed by atoms with E-state index in [4.69, 9.17) is 4.42 Å². The van der Waals surface area contributed by atoms with Gasteiger partial charge in [0.05, 0.1) is 18.1 Å². The van der Waals surface area contributed by atoms with Crippen molar-refractivity contribution in [3.05, 3.63) is 65.5 Å². The number of halogens is 2. The number of aromatic nitrogens is 2. The smallest absolute Gasteiger partial charge is 0.324 e. The van der Waals surface area contributed by atoms with Gasteiger partial charge >= 0.3 is 12.5 Å². The van der Waals surface area contributed by atoms with Gasteiger partial charge in [0, 0.05) is 24.3 Å². The predicted molar refractivity (Wildman–Crippen MR) is 118 cm³/mol. The summed E-state index contributed by atoms with van der Waals surface area (Å²) in [6.45, 7) is 2.42. The van der Waals surface area contributed by atoms with Crippen LogP contribution in [0.5, 0.6) is 0 Å². The highest BCUT2D eigenvalue weighted by Gasteiger charge is 2.29. The third kappa shape index (κ3) is 5.19. The van der Waals surface area contributed by atoms with Crippen molar-refractivity contribution in [2.45, 2.75) is 19.9 Å². The maximum absolute atomic E-state index is 13.4. The summed E-state index contributed by atoms with van der Waals surface area (Å²) < 4.78 is 53.9. The molecule has 1 aromatic heterocycles. The van der Waals surface area contributed by atoms with Gasteiger partial charge in [0.2, 0.25) is 5.89 Å². The molecule has 1 aliphatic heterocycles. The topological polar surface area (TPSA) is 96.6 Å². The second-order valence-electron chi connectivity index (χ2n) is 7.74. The zero-order valence-corrected chi connectivity index (χ0v) is 18.6. The van der Waals surface area contributed by atoms with Crippen molar-refractivity contribution in [2.75, 3.05) is 29.5 Å². The molecule has 1 fully saturated rings. The Kier molecular flexibility index (Phi) is 6.41. The van der Waals surface area contributed by atoms with E-state index in [-0.39, 0.29) is 43.1 Å². The van der Waals surface area contributed by atoms with E-state index in [1.54, 1.807) is 34.1 Å². The van der Waals surface area contributed by atoms with Gasteiger partial charge in [-0.05, 0) is 36.2 Å². The number of hydrogen-bond acceptors (Lipinski definition) is 6. The van der Waals surface area contributed by atoms with Gasteiger partial charge in [0.1, 0.15) is 0 Å². The van der Waals surface area contributed by atoms with E-state index in [9.17, 15) is 22.0 Å². The number of alkyl halides is 2. The fourth-order valence-electron chi connectivity index (χ4n) is 3.57. The van der Waals surface area contributed by atoms with Crippen molar-refractivity contribution in [3.8, 4) is 11.5 Å². The van der Waals surface area contributed by atoms with E-state index >= 15 is 0 Å². The number of nitrogens with zero attached hydrogens (tertiary/aromatic N) is 4. The van der Waals surface area contributed by atoms with Crippen LogP contribution >= 0.6 is 0 Å². The lowest BCUT2D eigenvalue weighted by atomic mass is 10.1. The highest BCUT2D eigenvalue weighted by atomic mass is 32.2. The first-order valence-electron chi connectivity index (χ1n) is 10.3. The number of carbonyl (C=O) groups excluding carboxylic acids is 1. The van der Waals surface area contributed by atoms with E-state index in [1.165, 1.54) is 0 Å². The SMILES string of the molecule is Cc1ccccc1N(Cc1ccc(-c2nnc(C(F)F)o2)cc1)C(=O)N1CCS(=O)(=O)CC1. The van der Waals surface area contributed by atoms with Crippen LogP contribution in [0.3, 0.4) is 0 Å². The molecule has 0 aliphatic carbocycles. The highest BCUT2D eigenvalue weighted by Crippen LogP contribution is 2.26. The van der Waals surface area contributed by atoms with Crippen molar-refractivity contribution in [1.82, 2.24) is 15.1 Å². The van der Waals surface area contributed by atoms with Crippen LogP contribution in [-0.2, 0) is 16.4 Å². The minimum Gasteiger partial charge on any atom is -0.415 e. The molecule has 1 aliphatic rings. The lowest BCUT2D eigenvalue weighted by molar-refractivity contribution is 0.116. The van der Waals surface area contributed by atoms with Gasteiger partial charge in [-0.2, -0.15) is 8.78 Å². The Labute approximate surface area is 189 Å². The van der Waals surface area contributed by atoms with Gasteiger partial charge in [-0.25, -0.2) is 13.2 Å². The van der Waals surface area contributed by atoms with Crippen LogP contribution in [0.15, 0.2) is 52.9 Å². The maximum atomic E-state index is 13.4. The fraction of sp³-hybridized carbons (Fsp3) is 0.318. The molecule has 0 bridgehead atoms. The maximum Gasteiger partial charge on any atom is 0.324 e. The molecule has 1 saturated heterocycles. The summed E-state index contributed by atoms with van der Waals surface area (Å²) in [5.74, 6) is -0.869. The summed E-state index contributed by atoms with van der Waals surface area (Å²) in [7, 11) is -3.12. The summed E-state index contributed by atoms with van der Waals surface area (Å²) in [5.41, 5.74) is 2.89. The Morgan fingerprint density at radius 3 is 2.36 bits per heavy atom. The first-order chi connectivity index (χ1) is 15.7. The van der Waals surface area contributed by atoms with Crippen LogP contribution in [0.25, 0.3) is 11.5 Å². The lowest BCUT2D eigenvalue weighted by Gasteiger charge is -2.33. The van der Waals surface area contributed by atoms with Crippen LogP contribution < -0.4 is 4.90 Å². The van der Waals surface area contributed by atoms with E-state index in [0.717, 1.165) is 16.8 Å². The fourth-order valence-corrected chi connectivity index (χ4v) is 4.77. The summed E-state index contributed by atoms with van der Waals surface area (Å²) in [6.07, 6.45) is -2.84. The molecule has 0 spiro atoms. The molecule has 11 heteroatoms. The molecule has 2 aromatic carbocycles. The average molecular weight is 477 g/mol. The zero-order valence-electron chi connectivity index (χ0n) is 17.8. The Morgan fingerprint density at radius 2 is 1.76 bits per heavy atom. The molecule has 0 atom stereocenters. The van der Waals surface area contributed by atoms with E-state index < -0.39 is 22.2 Å². The molecule has 2 heterocycles. The van der Waals surface area contributed by atoms with Gasteiger partial charge in [0.25, 0.3) is 5.89 Å². The molecule has 2 amide bonds. The number of urea groups is 1. The molecule has 0 saturated carbocycles. The van der Waals surface area contributed by atoms with Crippen LogP contribution in [0.2, 0.25) is 0 Å². The Morgan fingerprint density at radius 1 is 1.09 bits per heavy atom. The number of aryl methyl sites for hydroxylation is 1. The van der Waals surface area contributed by atoms with Gasteiger partial charge in [-0.1, -0.05) is 30.3 Å². The average Bonchev–Trinajstić information content (AvgIpc) is 3.29. The number of sulfone groups is 1. The lowest BCUT2D eigenvalue weighted by Crippen LogP contribution is -2.50. The predicted octanol–water partition coefficient (Wildman–Crippen LogP) is 3.84. The number of para-hydroxylation sites is 1. The highest BCUT2D eigenvalue weighted by molar-refractivity contribution is 7.91. The third-order valence-corrected chi connectivity index (χ3v) is 7.03. The van der Waals surface area contributed by atoms with Crippen molar-refractivity contribution >= 4 is 21.6 Å². The monoisotopic (exact) mass is 476 g/mol. The van der Waals surface area contributed by atoms with Crippen LogP contribution in [-0.4, -0.2) is 54.1 Å². The molecule has 4 rings (SSSR count). The van der Waals surface area contributed by atoms with Gasteiger partial charge in [-0.3, -0.25) is 4.90 Å². The van der Waals surface area contributed by atoms with Crippen molar-refractivity contribution in [1.29, 1.82) is 0 Å². The zero-order chi connectivity index (χ0) is 23.6. The molecular formula is C22H22F2N4O4S. The van der Waals surface area contributed by atoms with Crippen molar-refractivity contribution < 1.29 is 26.4 Å². The van der Waals surface area contributed by atoms with Crippen molar-refractivity contribution in [3.63, 3.8) is 0 Å². The number of carbonyl (C=O) groups is 1. The van der Waals surface area contributed by atoms with Crippen LogP contribution in [0.1, 0.15) is 23.4 Å². The van der Waals surface area contributed by atoms with Gasteiger partial charge < -0.3 is 9.32 Å². The van der Waals surface area contributed by atoms with Crippen LogP contribution in [0, 0.1) is 6.92 Å². The Balaban J connectivity index is 1.57. The second kappa shape index (κ2) is 9.26. The standard InChI is InChI=1S/C22H22F2N4O4S/c1-15-4-2-3-5-18(15)28(22(29)27-10-12-33(30,31)13-11-27)14-16-6-8-17(9-7-16)20-25-26-21(32-20)19(23)24/h2-9,19H,10-14H2,1H3. The minimum atomic E-state index is -3.12. The van der Waals surface area contributed by atoms with Crippen molar-refractivity contribution in [2.24, 2.45) is 0 Å². The molecular weight excluding hydrogens is 454 g/mol. The molecule has 0 N–H and O–H groups in total. The first-order valence-corrected chi connectivity index (χ1v) is 12.1. The third-order valence-electron chi connectivity index (χ3n) is 5.42. The Hall–Kier alpha value is -3.34. The normalized spacial score (nSPS) is 15.6. The quantitative estimate of drug-likeness (QED) is 0.555. The molecule has 0 unspecified atom stereocenters. The second-order valence-corrected chi connectivity index (χ2v) is 10.0. The summed E-state index contributed by atoms with van der Waals surface area (Å²) in [6, 6.07) is 14.0. The number of benzene rings is 2.